The molecule has 0 spiro atoms. The lowest BCUT2D eigenvalue weighted by atomic mass is 9.98. The van der Waals surface area contributed by atoms with E-state index < -0.39 is 0 Å². The van der Waals surface area contributed by atoms with Gasteiger partial charge in [0.15, 0.2) is 0 Å². The van der Waals surface area contributed by atoms with Crippen molar-refractivity contribution in [3.8, 4) is 0 Å². The van der Waals surface area contributed by atoms with Gasteiger partial charge >= 0.3 is 0 Å². The van der Waals surface area contributed by atoms with Gasteiger partial charge in [-0.05, 0) is 30.5 Å². The van der Waals surface area contributed by atoms with E-state index in [2.05, 4.69) is 27.3 Å². The summed E-state index contributed by atoms with van der Waals surface area (Å²) < 4.78 is 5.47. The smallest absolute Gasteiger partial charge is 0.266 e. The SMILES string of the molecule is C[C@@H]1CNC[C@H]1c1nc(N2CCCCCC2)no1. The predicted molar refractivity (Wildman–Crippen MR) is 69.8 cm³/mol. The maximum Gasteiger partial charge on any atom is 0.266 e. The van der Waals surface area contributed by atoms with Crippen molar-refractivity contribution in [1.29, 1.82) is 0 Å². The fourth-order valence-corrected chi connectivity index (χ4v) is 2.92. The monoisotopic (exact) mass is 250 g/mol. The molecule has 2 fully saturated rings. The third-order valence-electron chi connectivity index (χ3n) is 4.15. The van der Waals surface area contributed by atoms with Crippen LogP contribution in [0.25, 0.3) is 0 Å². The minimum atomic E-state index is 0.387. The van der Waals surface area contributed by atoms with Gasteiger partial charge in [-0.25, -0.2) is 0 Å². The Balaban J connectivity index is 1.72. The van der Waals surface area contributed by atoms with Gasteiger partial charge in [-0.1, -0.05) is 19.8 Å². The molecule has 2 saturated heterocycles. The Morgan fingerprint density at radius 1 is 1.17 bits per heavy atom. The summed E-state index contributed by atoms with van der Waals surface area (Å²) in [7, 11) is 0. The lowest BCUT2D eigenvalue weighted by Gasteiger charge is -2.16. The summed E-state index contributed by atoms with van der Waals surface area (Å²) in [4.78, 5) is 6.89. The molecule has 0 amide bonds. The summed E-state index contributed by atoms with van der Waals surface area (Å²) in [5.74, 6) is 2.58. The molecule has 1 aromatic heterocycles. The van der Waals surface area contributed by atoms with Crippen molar-refractivity contribution in [3.05, 3.63) is 5.89 Å². The highest BCUT2D eigenvalue weighted by Crippen LogP contribution is 2.28. The first-order valence-electron chi connectivity index (χ1n) is 7.14. The first-order chi connectivity index (χ1) is 8.84. The van der Waals surface area contributed by atoms with Crippen LogP contribution in [0, 0.1) is 5.92 Å². The maximum atomic E-state index is 5.47. The molecule has 18 heavy (non-hydrogen) atoms. The topological polar surface area (TPSA) is 54.2 Å². The van der Waals surface area contributed by atoms with E-state index in [0.717, 1.165) is 38.0 Å². The molecule has 0 aliphatic carbocycles. The van der Waals surface area contributed by atoms with Gasteiger partial charge < -0.3 is 14.7 Å². The molecule has 2 aliphatic rings. The Bertz CT molecular complexity index is 384. The quantitative estimate of drug-likeness (QED) is 0.867. The van der Waals surface area contributed by atoms with Crippen LogP contribution < -0.4 is 10.2 Å². The van der Waals surface area contributed by atoms with E-state index in [0.29, 0.717) is 11.8 Å². The van der Waals surface area contributed by atoms with Gasteiger partial charge in [0.25, 0.3) is 5.95 Å². The summed E-state index contributed by atoms with van der Waals surface area (Å²) in [5.41, 5.74) is 0. The molecule has 1 N–H and O–H groups in total. The Morgan fingerprint density at radius 3 is 2.61 bits per heavy atom. The van der Waals surface area contributed by atoms with Crippen molar-refractivity contribution in [3.63, 3.8) is 0 Å². The molecule has 5 heteroatoms. The van der Waals surface area contributed by atoms with Crippen LogP contribution in [0.3, 0.4) is 0 Å². The highest BCUT2D eigenvalue weighted by Gasteiger charge is 2.30. The molecule has 0 aromatic carbocycles. The number of hydrogen-bond acceptors (Lipinski definition) is 5. The second-order valence-electron chi connectivity index (χ2n) is 5.58. The van der Waals surface area contributed by atoms with Crippen LogP contribution in [-0.4, -0.2) is 36.3 Å². The zero-order valence-corrected chi connectivity index (χ0v) is 11.1. The van der Waals surface area contributed by atoms with E-state index in [1.807, 2.05) is 0 Å². The van der Waals surface area contributed by atoms with Crippen LogP contribution in [0.5, 0.6) is 0 Å². The minimum Gasteiger partial charge on any atom is -0.338 e. The van der Waals surface area contributed by atoms with E-state index in [4.69, 9.17) is 4.52 Å². The lowest BCUT2D eigenvalue weighted by molar-refractivity contribution is 0.339. The van der Waals surface area contributed by atoms with Crippen molar-refractivity contribution < 1.29 is 4.52 Å². The zero-order valence-electron chi connectivity index (χ0n) is 11.1. The second-order valence-corrected chi connectivity index (χ2v) is 5.58. The molecular formula is C13H22N4O. The molecule has 1 aromatic rings. The fraction of sp³-hybridized carbons (Fsp3) is 0.846. The first-order valence-corrected chi connectivity index (χ1v) is 7.14. The molecule has 2 aliphatic heterocycles. The largest absolute Gasteiger partial charge is 0.338 e. The normalized spacial score (nSPS) is 29.5. The van der Waals surface area contributed by atoms with Gasteiger partial charge in [0.05, 0.1) is 5.92 Å². The van der Waals surface area contributed by atoms with Crippen LogP contribution >= 0.6 is 0 Å². The number of rotatable bonds is 2. The van der Waals surface area contributed by atoms with E-state index in [9.17, 15) is 0 Å². The predicted octanol–water partition coefficient (Wildman–Crippen LogP) is 1.77. The zero-order chi connectivity index (χ0) is 12.4. The van der Waals surface area contributed by atoms with Crippen LogP contribution in [0.2, 0.25) is 0 Å². The van der Waals surface area contributed by atoms with Crippen LogP contribution in [-0.2, 0) is 0 Å². The van der Waals surface area contributed by atoms with Crippen LogP contribution in [0.4, 0.5) is 5.95 Å². The summed E-state index contributed by atoms with van der Waals surface area (Å²) in [6, 6.07) is 0. The summed E-state index contributed by atoms with van der Waals surface area (Å²) in [6.07, 6.45) is 5.13. The van der Waals surface area contributed by atoms with Gasteiger partial charge in [0.1, 0.15) is 0 Å². The molecule has 0 bridgehead atoms. The van der Waals surface area contributed by atoms with E-state index in [-0.39, 0.29) is 0 Å². The van der Waals surface area contributed by atoms with Gasteiger partial charge in [0.2, 0.25) is 5.89 Å². The highest BCUT2D eigenvalue weighted by atomic mass is 16.5. The number of aromatic nitrogens is 2. The van der Waals surface area contributed by atoms with Gasteiger partial charge in [-0.15, -0.1) is 0 Å². The molecule has 3 heterocycles. The standard InChI is InChI=1S/C13H22N4O/c1-10-8-14-9-11(10)12-15-13(16-18-12)17-6-4-2-3-5-7-17/h10-11,14H,2-9H2,1H3/t10-,11-/m1/s1. The molecule has 0 radical (unpaired) electrons. The number of hydrogen-bond donors (Lipinski definition) is 1. The maximum absolute atomic E-state index is 5.47. The molecular weight excluding hydrogens is 228 g/mol. The third-order valence-corrected chi connectivity index (χ3v) is 4.15. The van der Waals surface area contributed by atoms with Gasteiger partial charge in [-0.3, -0.25) is 0 Å². The van der Waals surface area contributed by atoms with E-state index in [1.165, 1.54) is 25.7 Å². The van der Waals surface area contributed by atoms with Gasteiger partial charge in [0, 0.05) is 19.6 Å². The van der Waals surface area contributed by atoms with Crippen molar-refractivity contribution in [2.75, 3.05) is 31.1 Å². The van der Waals surface area contributed by atoms with Crippen molar-refractivity contribution in [2.45, 2.75) is 38.5 Å². The average molecular weight is 250 g/mol. The third kappa shape index (κ3) is 2.36. The van der Waals surface area contributed by atoms with Gasteiger partial charge in [-0.2, -0.15) is 4.98 Å². The Labute approximate surface area is 108 Å². The Hall–Kier alpha value is -1.10. The summed E-state index contributed by atoms with van der Waals surface area (Å²) in [6.45, 7) is 6.38. The summed E-state index contributed by atoms with van der Waals surface area (Å²) >= 11 is 0. The molecule has 5 nitrogen and oxygen atoms in total. The highest BCUT2D eigenvalue weighted by molar-refractivity contribution is 5.28. The summed E-state index contributed by atoms with van der Waals surface area (Å²) in [5, 5.41) is 7.55. The molecule has 0 saturated carbocycles. The van der Waals surface area contributed by atoms with Crippen molar-refractivity contribution in [2.24, 2.45) is 5.92 Å². The van der Waals surface area contributed by atoms with E-state index in [1.54, 1.807) is 0 Å². The van der Waals surface area contributed by atoms with E-state index >= 15 is 0 Å². The molecule has 2 atom stereocenters. The molecule has 3 rings (SSSR count). The first kappa shape index (κ1) is 12.0. The van der Waals surface area contributed by atoms with Crippen LogP contribution in [0.15, 0.2) is 4.52 Å². The Morgan fingerprint density at radius 2 is 1.94 bits per heavy atom. The number of nitrogens with zero attached hydrogens (tertiary/aromatic N) is 3. The molecule has 0 unspecified atom stereocenters. The van der Waals surface area contributed by atoms with Crippen LogP contribution in [0.1, 0.15) is 44.4 Å². The lowest BCUT2D eigenvalue weighted by Crippen LogP contribution is -2.25. The van der Waals surface area contributed by atoms with Crippen molar-refractivity contribution >= 4 is 5.95 Å². The Kier molecular flexibility index (Phi) is 3.50. The number of nitrogens with one attached hydrogen (secondary N) is 1. The van der Waals surface area contributed by atoms with Crippen molar-refractivity contribution in [1.82, 2.24) is 15.5 Å². The fourth-order valence-electron chi connectivity index (χ4n) is 2.92. The second kappa shape index (κ2) is 5.26. The molecule has 100 valence electrons. The average Bonchev–Trinajstić information content (AvgIpc) is 2.91. The number of anilines is 1. The minimum absolute atomic E-state index is 0.387.